The quantitative estimate of drug-likeness (QED) is 0.672. The predicted octanol–water partition coefficient (Wildman–Crippen LogP) is 1.24. The molecule has 2 nitrogen and oxygen atoms in total. The van der Waals surface area contributed by atoms with Crippen LogP contribution in [-0.2, 0) is 0 Å². The van der Waals surface area contributed by atoms with E-state index in [2.05, 4.69) is 4.90 Å². The third-order valence-electron chi connectivity index (χ3n) is 3.11. The monoisotopic (exact) mass is 169 g/mol. The van der Waals surface area contributed by atoms with Gasteiger partial charge in [-0.3, -0.25) is 4.90 Å². The molecule has 1 N–H and O–H groups in total. The van der Waals surface area contributed by atoms with Crippen molar-refractivity contribution in [2.45, 2.75) is 44.8 Å². The van der Waals surface area contributed by atoms with Crippen molar-refractivity contribution < 1.29 is 5.11 Å². The number of nitrogens with zero attached hydrogens (tertiary/aromatic N) is 1. The van der Waals surface area contributed by atoms with Crippen LogP contribution in [-0.4, -0.2) is 34.7 Å². The molecule has 0 aromatic carbocycles. The lowest BCUT2D eigenvalue weighted by Crippen LogP contribution is -2.42. The van der Waals surface area contributed by atoms with Gasteiger partial charge >= 0.3 is 0 Å². The van der Waals surface area contributed by atoms with Gasteiger partial charge in [-0.25, -0.2) is 0 Å². The Labute approximate surface area is 74.6 Å². The van der Waals surface area contributed by atoms with Crippen molar-refractivity contribution in [1.82, 2.24) is 4.90 Å². The first-order valence-electron chi connectivity index (χ1n) is 5.01. The number of piperidine rings is 1. The SMILES string of the molecule is CC(C)(O)CN1CC2CCC1C2. The molecule has 0 spiro atoms. The summed E-state index contributed by atoms with van der Waals surface area (Å²) in [6, 6.07) is 0.793. The Balaban J connectivity index is 1.91. The van der Waals surface area contributed by atoms with E-state index in [-0.39, 0.29) is 0 Å². The molecule has 70 valence electrons. The van der Waals surface area contributed by atoms with E-state index in [0.29, 0.717) is 0 Å². The Kier molecular flexibility index (Phi) is 1.92. The van der Waals surface area contributed by atoms with Crippen LogP contribution in [0.1, 0.15) is 33.1 Å². The van der Waals surface area contributed by atoms with Crippen LogP contribution in [0.15, 0.2) is 0 Å². The van der Waals surface area contributed by atoms with Crippen molar-refractivity contribution in [1.29, 1.82) is 0 Å². The molecule has 2 bridgehead atoms. The van der Waals surface area contributed by atoms with Gasteiger partial charge in [0.25, 0.3) is 0 Å². The fraction of sp³-hybridized carbons (Fsp3) is 1.00. The zero-order chi connectivity index (χ0) is 8.77. The second kappa shape index (κ2) is 2.71. The molecule has 2 rings (SSSR count). The van der Waals surface area contributed by atoms with E-state index < -0.39 is 5.60 Å². The maximum atomic E-state index is 9.66. The van der Waals surface area contributed by atoms with Crippen molar-refractivity contribution in [3.8, 4) is 0 Å². The first-order valence-corrected chi connectivity index (χ1v) is 5.01. The molecule has 2 aliphatic rings. The minimum absolute atomic E-state index is 0.509. The zero-order valence-electron chi connectivity index (χ0n) is 8.08. The number of hydrogen-bond donors (Lipinski definition) is 1. The van der Waals surface area contributed by atoms with Crippen LogP contribution in [0, 0.1) is 5.92 Å². The third kappa shape index (κ3) is 1.64. The molecule has 2 unspecified atom stereocenters. The third-order valence-corrected chi connectivity index (χ3v) is 3.11. The number of fused-ring (bicyclic) bond motifs is 2. The van der Waals surface area contributed by atoms with E-state index in [0.717, 1.165) is 18.5 Å². The fourth-order valence-electron chi connectivity index (χ4n) is 2.72. The Morgan fingerprint density at radius 1 is 1.42 bits per heavy atom. The predicted molar refractivity (Wildman–Crippen MR) is 49.0 cm³/mol. The Morgan fingerprint density at radius 2 is 2.17 bits per heavy atom. The summed E-state index contributed by atoms with van der Waals surface area (Å²) >= 11 is 0. The molecule has 2 heteroatoms. The van der Waals surface area contributed by atoms with Gasteiger partial charge in [0.2, 0.25) is 0 Å². The zero-order valence-corrected chi connectivity index (χ0v) is 8.08. The minimum atomic E-state index is -0.509. The van der Waals surface area contributed by atoms with E-state index >= 15 is 0 Å². The van der Waals surface area contributed by atoms with Crippen molar-refractivity contribution in [3.63, 3.8) is 0 Å². The number of rotatable bonds is 2. The average Bonchev–Trinajstić information content (AvgIpc) is 2.42. The van der Waals surface area contributed by atoms with Crippen molar-refractivity contribution in [2.75, 3.05) is 13.1 Å². The van der Waals surface area contributed by atoms with Crippen LogP contribution in [0.25, 0.3) is 0 Å². The fourth-order valence-corrected chi connectivity index (χ4v) is 2.72. The average molecular weight is 169 g/mol. The van der Waals surface area contributed by atoms with Gasteiger partial charge in [0.15, 0.2) is 0 Å². The molecule has 0 aromatic heterocycles. The van der Waals surface area contributed by atoms with Crippen LogP contribution in [0.3, 0.4) is 0 Å². The highest BCUT2D eigenvalue weighted by atomic mass is 16.3. The standard InChI is InChI=1S/C10H19NO/c1-10(2,12)7-11-6-8-3-4-9(11)5-8/h8-9,12H,3-7H2,1-2H3. The van der Waals surface area contributed by atoms with E-state index in [1.165, 1.54) is 25.8 Å². The van der Waals surface area contributed by atoms with E-state index in [1.54, 1.807) is 0 Å². The van der Waals surface area contributed by atoms with Crippen molar-refractivity contribution in [2.24, 2.45) is 5.92 Å². The Morgan fingerprint density at radius 3 is 2.58 bits per heavy atom. The molecule has 2 atom stereocenters. The summed E-state index contributed by atoms with van der Waals surface area (Å²) in [6.45, 7) is 5.89. The van der Waals surface area contributed by atoms with Gasteiger partial charge < -0.3 is 5.11 Å². The topological polar surface area (TPSA) is 23.5 Å². The van der Waals surface area contributed by atoms with Gasteiger partial charge in [0.05, 0.1) is 5.60 Å². The molecule has 12 heavy (non-hydrogen) atoms. The normalized spacial score (nSPS) is 36.2. The number of hydrogen-bond acceptors (Lipinski definition) is 2. The van der Waals surface area contributed by atoms with Crippen molar-refractivity contribution in [3.05, 3.63) is 0 Å². The van der Waals surface area contributed by atoms with Gasteiger partial charge in [0.1, 0.15) is 0 Å². The molecule has 2 fully saturated rings. The molecule has 0 amide bonds. The Bertz CT molecular complexity index is 173. The first kappa shape index (κ1) is 8.52. The summed E-state index contributed by atoms with van der Waals surface area (Å²) < 4.78 is 0. The molecule has 1 aliphatic carbocycles. The van der Waals surface area contributed by atoms with Gasteiger partial charge in [-0.05, 0) is 39.0 Å². The highest BCUT2D eigenvalue weighted by molar-refractivity contribution is 4.93. The van der Waals surface area contributed by atoms with Gasteiger partial charge in [0, 0.05) is 19.1 Å². The number of likely N-dealkylation sites (tertiary alicyclic amines) is 1. The van der Waals surface area contributed by atoms with E-state index in [1.807, 2.05) is 13.8 Å². The van der Waals surface area contributed by atoms with Crippen LogP contribution in [0.4, 0.5) is 0 Å². The second-order valence-electron chi connectivity index (χ2n) is 5.07. The van der Waals surface area contributed by atoms with Crippen LogP contribution >= 0.6 is 0 Å². The molecular weight excluding hydrogens is 150 g/mol. The molecule has 1 heterocycles. The van der Waals surface area contributed by atoms with Crippen molar-refractivity contribution >= 4 is 0 Å². The molecular formula is C10H19NO. The number of β-amino-alcohol motifs (C(OH)–C–C–N with tert-alkyl or cyclic N) is 1. The highest BCUT2D eigenvalue weighted by Gasteiger charge is 2.39. The maximum absolute atomic E-state index is 9.66. The van der Waals surface area contributed by atoms with Gasteiger partial charge in [-0.15, -0.1) is 0 Å². The first-order chi connectivity index (χ1) is 5.54. The lowest BCUT2D eigenvalue weighted by Gasteiger charge is -2.32. The van der Waals surface area contributed by atoms with Gasteiger partial charge in [-0.2, -0.15) is 0 Å². The summed E-state index contributed by atoms with van der Waals surface area (Å²) in [6.07, 6.45) is 4.17. The summed E-state index contributed by atoms with van der Waals surface area (Å²) in [5, 5.41) is 9.66. The summed E-state index contributed by atoms with van der Waals surface area (Å²) in [5.41, 5.74) is -0.509. The van der Waals surface area contributed by atoms with Crippen LogP contribution in [0.2, 0.25) is 0 Å². The molecule has 0 radical (unpaired) electrons. The lowest BCUT2D eigenvalue weighted by molar-refractivity contribution is 0.0258. The largest absolute Gasteiger partial charge is 0.389 e. The Hall–Kier alpha value is -0.0800. The second-order valence-corrected chi connectivity index (χ2v) is 5.07. The highest BCUT2D eigenvalue weighted by Crippen LogP contribution is 2.37. The lowest BCUT2D eigenvalue weighted by atomic mass is 10.1. The van der Waals surface area contributed by atoms with E-state index in [4.69, 9.17) is 0 Å². The molecule has 1 saturated heterocycles. The smallest absolute Gasteiger partial charge is 0.0718 e. The summed E-state index contributed by atoms with van der Waals surface area (Å²) in [7, 11) is 0. The molecule has 0 aromatic rings. The maximum Gasteiger partial charge on any atom is 0.0718 e. The van der Waals surface area contributed by atoms with E-state index in [9.17, 15) is 5.11 Å². The minimum Gasteiger partial charge on any atom is -0.389 e. The molecule has 1 aliphatic heterocycles. The van der Waals surface area contributed by atoms with Crippen LogP contribution in [0.5, 0.6) is 0 Å². The van der Waals surface area contributed by atoms with Gasteiger partial charge in [-0.1, -0.05) is 0 Å². The number of aliphatic hydroxyl groups is 1. The summed E-state index contributed by atoms with van der Waals surface area (Å²) in [4.78, 5) is 2.47. The molecule has 1 saturated carbocycles. The van der Waals surface area contributed by atoms with Crippen LogP contribution < -0.4 is 0 Å². The summed E-state index contributed by atoms with van der Waals surface area (Å²) in [5.74, 6) is 0.942.